The van der Waals surface area contributed by atoms with E-state index in [1.54, 1.807) is 38.1 Å². The lowest BCUT2D eigenvalue weighted by Crippen LogP contribution is -2.47. The predicted octanol–water partition coefficient (Wildman–Crippen LogP) is 6.10. The number of carbonyl (C=O) groups excluding carboxylic acids is 2. The van der Waals surface area contributed by atoms with Crippen LogP contribution in [0.3, 0.4) is 0 Å². The number of esters is 1. The summed E-state index contributed by atoms with van der Waals surface area (Å²) in [6.45, 7) is 3.61. The Hall–Kier alpha value is -0.700. The topological polar surface area (TPSA) is 55.4 Å². The zero-order valence-electron chi connectivity index (χ0n) is 13.9. The number of hydrogen-bond acceptors (Lipinski definition) is 3. The second-order valence-corrected chi connectivity index (χ2v) is 9.70. The fourth-order valence-corrected chi connectivity index (χ4v) is 3.62. The van der Waals surface area contributed by atoms with Crippen molar-refractivity contribution in [2.24, 2.45) is 0 Å². The first kappa shape index (κ1) is 21.6. The monoisotopic (exact) mass is 609 g/mol. The van der Waals surface area contributed by atoms with Crippen LogP contribution >= 0.6 is 63.7 Å². The summed E-state index contributed by atoms with van der Waals surface area (Å²) in [7, 11) is 0. The van der Waals surface area contributed by atoms with Crippen molar-refractivity contribution >= 4 is 75.6 Å². The summed E-state index contributed by atoms with van der Waals surface area (Å²) in [5.41, 5.74) is 0.164. The highest BCUT2D eigenvalue weighted by Gasteiger charge is 2.25. The van der Waals surface area contributed by atoms with Gasteiger partial charge in [-0.25, -0.2) is 4.79 Å². The van der Waals surface area contributed by atoms with Gasteiger partial charge in [0.25, 0.3) is 5.91 Å². The van der Waals surface area contributed by atoms with Gasteiger partial charge in [-0.2, -0.15) is 0 Å². The van der Waals surface area contributed by atoms with E-state index in [0.717, 1.165) is 8.95 Å². The molecule has 26 heavy (non-hydrogen) atoms. The van der Waals surface area contributed by atoms with Gasteiger partial charge in [-0.15, -0.1) is 0 Å². The molecule has 0 aliphatic rings. The van der Waals surface area contributed by atoms with Crippen LogP contribution in [0.2, 0.25) is 0 Å². The minimum absolute atomic E-state index is 0.0299. The van der Waals surface area contributed by atoms with Crippen LogP contribution in [-0.4, -0.2) is 24.0 Å². The molecule has 0 aliphatic heterocycles. The third-order valence-electron chi connectivity index (χ3n) is 3.34. The fraction of sp³-hybridized carbons (Fsp3) is 0.222. The fourth-order valence-electron chi connectivity index (χ4n) is 2.06. The van der Waals surface area contributed by atoms with Gasteiger partial charge in [0.1, 0.15) is 6.61 Å². The zero-order chi connectivity index (χ0) is 19.5. The molecule has 1 amide bonds. The molecule has 2 aromatic rings. The van der Waals surface area contributed by atoms with Crippen molar-refractivity contribution < 1.29 is 14.3 Å². The van der Waals surface area contributed by atoms with Gasteiger partial charge in [0.2, 0.25) is 0 Å². The lowest BCUT2D eigenvalue weighted by Gasteiger charge is -2.26. The molecule has 2 aromatic carbocycles. The van der Waals surface area contributed by atoms with Crippen LogP contribution in [0.15, 0.2) is 54.3 Å². The van der Waals surface area contributed by atoms with E-state index >= 15 is 0 Å². The maximum atomic E-state index is 12.5. The Morgan fingerprint density at radius 1 is 0.923 bits per heavy atom. The summed E-state index contributed by atoms with van der Waals surface area (Å²) in [4.78, 5) is 24.9. The van der Waals surface area contributed by atoms with E-state index in [1.165, 1.54) is 0 Å². The molecule has 0 radical (unpaired) electrons. The summed E-state index contributed by atoms with van der Waals surface area (Å²) < 4.78 is 8.30. The van der Waals surface area contributed by atoms with Crippen molar-refractivity contribution in [2.45, 2.75) is 19.4 Å². The maximum Gasteiger partial charge on any atom is 0.339 e. The van der Waals surface area contributed by atoms with Crippen molar-refractivity contribution in [3.8, 4) is 0 Å². The molecular weight excluding hydrogens is 598 g/mol. The Bertz CT molecular complexity index is 852. The van der Waals surface area contributed by atoms with Crippen molar-refractivity contribution in [1.29, 1.82) is 0 Å². The van der Waals surface area contributed by atoms with E-state index in [0.29, 0.717) is 20.1 Å². The van der Waals surface area contributed by atoms with Gasteiger partial charge in [-0.3, -0.25) is 4.79 Å². The number of benzene rings is 2. The van der Waals surface area contributed by atoms with E-state index in [2.05, 4.69) is 69.0 Å². The second-order valence-electron chi connectivity index (χ2n) is 6.16. The van der Waals surface area contributed by atoms with Crippen LogP contribution in [0.5, 0.6) is 0 Å². The molecule has 138 valence electrons. The van der Waals surface area contributed by atoms with Crippen LogP contribution in [0.1, 0.15) is 34.6 Å². The molecule has 8 heteroatoms. The molecule has 0 spiro atoms. The van der Waals surface area contributed by atoms with Crippen LogP contribution < -0.4 is 5.32 Å². The second kappa shape index (κ2) is 8.99. The lowest BCUT2D eigenvalue weighted by atomic mass is 10.1. The Morgan fingerprint density at radius 3 is 2.00 bits per heavy atom. The Kier molecular flexibility index (Phi) is 7.47. The van der Waals surface area contributed by atoms with E-state index in [4.69, 9.17) is 4.74 Å². The Morgan fingerprint density at radius 2 is 1.42 bits per heavy atom. The first-order valence-corrected chi connectivity index (χ1v) is 10.7. The smallest absolute Gasteiger partial charge is 0.339 e. The molecule has 0 heterocycles. The van der Waals surface area contributed by atoms with Crippen molar-refractivity contribution in [1.82, 2.24) is 5.32 Å². The molecule has 4 nitrogen and oxygen atoms in total. The third-order valence-corrected chi connectivity index (χ3v) is 5.71. The summed E-state index contributed by atoms with van der Waals surface area (Å²) in [5.74, 6) is -0.730. The van der Waals surface area contributed by atoms with Gasteiger partial charge in [-0.1, -0.05) is 31.9 Å². The first-order chi connectivity index (χ1) is 12.1. The standard InChI is InChI=1S/C18H15Br4NO3/c1-18(2,23-16(24)12-7-10(19)3-5-14(12)21)9-26-17(25)13-8-11(20)4-6-15(13)22/h3-8H,9H2,1-2H3,(H,23,24). The maximum absolute atomic E-state index is 12.5. The highest BCUT2D eigenvalue weighted by atomic mass is 79.9. The Labute approximate surface area is 185 Å². The van der Waals surface area contributed by atoms with E-state index in [-0.39, 0.29) is 12.5 Å². The lowest BCUT2D eigenvalue weighted by molar-refractivity contribution is 0.0389. The SMILES string of the molecule is CC(C)(COC(=O)c1cc(Br)ccc1Br)NC(=O)c1cc(Br)ccc1Br. The molecule has 0 saturated carbocycles. The number of hydrogen-bond donors (Lipinski definition) is 1. The van der Waals surface area contributed by atoms with E-state index in [9.17, 15) is 9.59 Å². The van der Waals surface area contributed by atoms with Crippen molar-refractivity contribution in [3.63, 3.8) is 0 Å². The average Bonchev–Trinajstić information content (AvgIpc) is 2.56. The summed E-state index contributed by atoms with van der Waals surface area (Å²) in [5, 5.41) is 2.89. The molecule has 0 saturated heterocycles. The number of amides is 1. The van der Waals surface area contributed by atoms with Gasteiger partial charge in [0.05, 0.1) is 16.7 Å². The average molecular weight is 613 g/mol. The molecule has 0 bridgehead atoms. The summed E-state index contributed by atoms with van der Waals surface area (Å²) in [6.07, 6.45) is 0. The number of nitrogens with one attached hydrogen (secondary N) is 1. The van der Waals surface area contributed by atoms with Gasteiger partial charge in [0.15, 0.2) is 0 Å². The molecule has 0 unspecified atom stereocenters. The zero-order valence-corrected chi connectivity index (χ0v) is 20.3. The van der Waals surface area contributed by atoms with Gasteiger partial charge < -0.3 is 10.1 Å². The van der Waals surface area contributed by atoms with Crippen molar-refractivity contribution in [3.05, 3.63) is 65.4 Å². The van der Waals surface area contributed by atoms with E-state index < -0.39 is 11.5 Å². The quantitative estimate of drug-likeness (QED) is 0.415. The van der Waals surface area contributed by atoms with E-state index in [1.807, 2.05) is 12.1 Å². The summed E-state index contributed by atoms with van der Waals surface area (Å²) in [6, 6.07) is 10.6. The van der Waals surface area contributed by atoms with Crippen LogP contribution in [0, 0.1) is 0 Å². The molecule has 0 fully saturated rings. The number of ether oxygens (including phenoxy) is 1. The molecule has 1 N–H and O–H groups in total. The molecule has 0 aromatic heterocycles. The summed E-state index contributed by atoms with van der Waals surface area (Å²) >= 11 is 13.4. The minimum atomic E-state index is -0.743. The van der Waals surface area contributed by atoms with Gasteiger partial charge in [0, 0.05) is 17.9 Å². The minimum Gasteiger partial charge on any atom is -0.460 e. The van der Waals surface area contributed by atoms with Crippen LogP contribution in [0.25, 0.3) is 0 Å². The van der Waals surface area contributed by atoms with Crippen LogP contribution in [0.4, 0.5) is 0 Å². The highest BCUT2D eigenvalue weighted by molar-refractivity contribution is 9.11. The molecule has 0 atom stereocenters. The first-order valence-electron chi connectivity index (χ1n) is 7.49. The Balaban J connectivity index is 2.04. The normalized spacial score (nSPS) is 11.2. The third kappa shape index (κ3) is 5.90. The van der Waals surface area contributed by atoms with Crippen LogP contribution in [-0.2, 0) is 4.74 Å². The predicted molar refractivity (Wildman–Crippen MR) is 116 cm³/mol. The number of rotatable bonds is 5. The van der Waals surface area contributed by atoms with Gasteiger partial charge >= 0.3 is 5.97 Å². The molecular formula is C18H15Br4NO3. The molecule has 0 aliphatic carbocycles. The number of carbonyl (C=O) groups is 2. The van der Waals surface area contributed by atoms with Crippen molar-refractivity contribution in [2.75, 3.05) is 6.61 Å². The largest absolute Gasteiger partial charge is 0.460 e. The molecule has 2 rings (SSSR count). The highest BCUT2D eigenvalue weighted by Crippen LogP contribution is 2.24. The number of halogens is 4. The van der Waals surface area contributed by atoms with Gasteiger partial charge in [-0.05, 0) is 82.1 Å².